The van der Waals surface area contributed by atoms with Crippen molar-refractivity contribution < 1.29 is 4.74 Å². The summed E-state index contributed by atoms with van der Waals surface area (Å²) in [4.78, 5) is 20.4. The molecule has 2 heterocycles. The Morgan fingerprint density at radius 2 is 2.19 bits per heavy atom. The fourth-order valence-electron chi connectivity index (χ4n) is 3.55. The zero-order valence-electron chi connectivity index (χ0n) is 15.3. The van der Waals surface area contributed by atoms with Crippen LogP contribution in [0.3, 0.4) is 0 Å². The van der Waals surface area contributed by atoms with Crippen LogP contribution in [0.25, 0.3) is 10.2 Å². The van der Waals surface area contributed by atoms with E-state index in [1.165, 1.54) is 10.4 Å². The average Bonchev–Trinajstić information content (AvgIpc) is 3.22. The molecule has 0 bridgehead atoms. The third-order valence-electron chi connectivity index (χ3n) is 4.93. The van der Waals surface area contributed by atoms with Crippen LogP contribution in [0.15, 0.2) is 34.2 Å². The first kappa shape index (κ1) is 19.0. The van der Waals surface area contributed by atoms with E-state index in [-0.39, 0.29) is 10.8 Å². The van der Waals surface area contributed by atoms with Gasteiger partial charge in [0.15, 0.2) is 5.16 Å². The molecule has 142 valence electrons. The van der Waals surface area contributed by atoms with Gasteiger partial charge >= 0.3 is 0 Å². The highest BCUT2D eigenvalue weighted by atomic mass is 35.5. The molecule has 1 aromatic carbocycles. The fraction of sp³-hybridized carbons (Fsp3) is 0.400. The number of halogens is 1. The Morgan fingerprint density at radius 3 is 2.96 bits per heavy atom. The number of thiophene rings is 1. The first-order chi connectivity index (χ1) is 13.1. The van der Waals surface area contributed by atoms with Gasteiger partial charge in [0.2, 0.25) is 0 Å². The van der Waals surface area contributed by atoms with Crippen LogP contribution < -0.4 is 5.56 Å². The third kappa shape index (κ3) is 3.56. The average molecular weight is 421 g/mol. The van der Waals surface area contributed by atoms with Gasteiger partial charge in [-0.15, -0.1) is 11.3 Å². The van der Waals surface area contributed by atoms with E-state index < -0.39 is 0 Å². The first-order valence-electron chi connectivity index (χ1n) is 9.05. The molecule has 0 saturated heterocycles. The SMILES string of the molecule is COCCn1c(S[C@@H](C)c2ccccc2Cl)nc2sc3c(c2c1=O)CCC3. The number of thioether (sulfide) groups is 1. The number of aryl methyl sites for hydroxylation is 2. The van der Waals surface area contributed by atoms with Crippen LogP contribution in [0.4, 0.5) is 0 Å². The minimum Gasteiger partial charge on any atom is -0.383 e. The molecule has 0 amide bonds. The van der Waals surface area contributed by atoms with Gasteiger partial charge in [0, 0.05) is 22.3 Å². The van der Waals surface area contributed by atoms with Gasteiger partial charge in [-0.2, -0.15) is 0 Å². The molecule has 0 spiro atoms. The summed E-state index contributed by atoms with van der Waals surface area (Å²) in [5, 5.41) is 2.37. The Labute approximate surface area is 171 Å². The number of benzene rings is 1. The Balaban J connectivity index is 1.79. The Bertz CT molecular complexity index is 1040. The van der Waals surface area contributed by atoms with E-state index in [4.69, 9.17) is 21.3 Å². The van der Waals surface area contributed by atoms with Crippen molar-refractivity contribution >= 4 is 44.9 Å². The van der Waals surface area contributed by atoms with Crippen LogP contribution in [0, 0.1) is 0 Å². The molecule has 0 radical (unpaired) electrons. The lowest BCUT2D eigenvalue weighted by Crippen LogP contribution is -2.25. The molecule has 3 aromatic rings. The maximum Gasteiger partial charge on any atom is 0.263 e. The number of methoxy groups -OCH3 is 1. The summed E-state index contributed by atoms with van der Waals surface area (Å²) in [6, 6.07) is 7.83. The molecule has 4 nitrogen and oxygen atoms in total. The number of ether oxygens (including phenoxy) is 1. The van der Waals surface area contributed by atoms with Gasteiger partial charge in [-0.05, 0) is 43.4 Å². The summed E-state index contributed by atoms with van der Waals surface area (Å²) < 4.78 is 7.01. The molecule has 0 saturated carbocycles. The predicted molar refractivity (Wildman–Crippen MR) is 114 cm³/mol. The van der Waals surface area contributed by atoms with Gasteiger partial charge in [0.25, 0.3) is 5.56 Å². The van der Waals surface area contributed by atoms with Gasteiger partial charge in [-0.1, -0.05) is 41.6 Å². The highest BCUT2D eigenvalue weighted by molar-refractivity contribution is 7.99. The van der Waals surface area contributed by atoms with Crippen LogP contribution in [0.5, 0.6) is 0 Å². The molecular formula is C20H21ClN2O2S2. The van der Waals surface area contributed by atoms with Crippen molar-refractivity contribution in [3.63, 3.8) is 0 Å². The van der Waals surface area contributed by atoms with Crippen molar-refractivity contribution in [1.82, 2.24) is 9.55 Å². The van der Waals surface area contributed by atoms with Crippen molar-refractivity contribution in [3.8, 4) is 0 Å². The summed E-state index contributed by atoms with van der Waals surface area (Å²) in [5.41, 5.74) is 2.32. The minimum atomic E-state index is 0.0605. The molecule has 1 aliphatic rings. The second kappa shape index (κ2) is 7.95. The molecule has 0 fully saturated rings. The van der Waals surface area contributed by atoms with E-state index in [9.17, 15) is 4.79 Å². The van der Waals surface area contributed by atoms with Gasteiger partial charge in [-0.3, -0.25) is 9.36 Å². The van der Waals surface area contributed by atoms with Crippen LogP contribution in [0.2, 0.25) is 5.02 Å². The van der Waals surface area contributed by atoms with Crippen molar-refractivity contribution in [3.05, 3.63) is 55.6 Å². The summed E-state index contributed by atoms with van der Waals surface area (Å²) >= 11 is 9.62. The second-order valence-electron chi connectivity index (χ2n) is 6.66. The topological polar surface area (TPSA) is 44.1 Å². The summed E-state index contributed by atoms with van der Waals surface area (Å²) in [5.74, 6) is 0. The number of aromatic nitrogens is 2. The van der Waals surface area contributed by atoms with E-state index in [2.05, 4.69) is 6.92 Å². The van der Waals surface area contributed by atoms with Crippen molar-refractivity contribution in [2.75, 3.05) is 13.7 Å². The number of fused-ring (bicyclic) bond motifs is 3. The van der Waals surface area contributed by atoms with E-state index in [1.54, 1.807) is 34.8 Å². The maximum absolute atomic E-state index is 13.3. The fourth-order valence-corrected chi connectivity index (χ4v) is 6.32. The highest BCUT2D eigenvalue weighted by Crippen LogP contribution is 2.39. The quantitative estimate of drug-likeness (QED) is 0.411. The Morgan fingerprint density at radius 1 is 1.37 bits per heavy atom. The zero-order valence-corrected chi connectivity index (χ0v) is 17.7. The van der Waals surface area contributed by atoms with Crippen molar-refractivity contribution in [1.29, 1.82) is 0 Å². The monoisotopic (exact) mass is 420 g/mol. The van der Waals surface area contributed by atoms with Crippen LogP contribution >= 0.6 is 34.7 Å². The number of nitrogens with zero attached hydrogens (tertiary/aromatic N) is 2. The van der Waals surface area contributed by atoms with E-state index in [1.807, 2.05) is 24.3 Å². The molecular weight excluding hydrogens is 400 g/mol. The van der Waals surface area contributed by atoms with Gasteiger partial charge in [0.1, 0.15) is 4.83 Å². The van der Waals surface area contributed by atoms with Crippen molar-refractivity contribution in [2.45, 2.75) is 43.1 Å². The zero-order chi connectivity index (χ0) is 19.0. The van der Waals surface area contributed by atoms with E-state index in [0.717, 1.165) is 45.2 Å². The molecule has 0 N–H and O–H groups in total. The largest absolute Gasteiger partial charge is 0.383 e. The highest BCUT2D eigenvalue weighted by Gasteiger charge is 2.24. The van der Waals surface area contributed by atoms with Crippen LogP contribution in [-0.4, -0.2) is 23.3 Å². The van der Waals surface area contributed by atoms with Gasteiger partial charge in [-0.25, -0.2) is 4.98 Å². The molecule has 1 aliphatic carbocycles. The molecule has 1 atom stereocenters. The minimum absolute atomic E-state index is 0.0605. The normalized spacial score (nSPS) is 14.6. The Hall–Kier alpha value is -1.34. The molecule has 7 heteroatoms. The number of rotatable bonds is 6. The number of hydrogen-bond donors (Lipinski definition) is 0. The third-order valence-corrected chi connectivity index (χ3v) is 7.59. The molecule has 0 aliphatic heterocycles. The lowest BCUT2D eigenvalue weighted by atomic mass is 10.2. The van der Waals surface area contributed by atoms with Gasteiger partial charge < -0.3 is 4.74 Å². The standard InChI is InChI=1S/C20H21ClN2O2S2/c1-12(13-6-3-4-8-15(13)21)26-20-22-18-17(14-7-5-9-16(14)27-18)19(24)23(20)10-11-25-2/h3-4,6,8,12H,5,7,9-11H2,1-2H3/t12-/m0/s1. The second-order valence-corrected chi connectivity index (χ2v) is 9.46. The van der Waals surface area contributed by atoms with Gasteiger partial charge in [0.05, 0.1) is 18.5 Å². The Kier molecular flexibility index (Phi) is 5.60. The predicted octanol–water partition coefficient (Wildman–Crippen LogP) is 5.10. The molecule has 4 rings (SSSR count). The number of hydrogen-bond acceptors (Lipinski definition) is 5. The first-order valence-corrected chi connectivity index (χ1v) is 11.1. The van der Waals surface area contributed by atoms with Crippen molar-refractivity contribution in [2.24, 2.45) is 0 Å². The van der Waals surface area contributed by atoms with E-state index in [0.29, 0.717) is 13.2 Å². The molecule has 27 heavy (non-hydrogen) atoms. The molecule has 2 aromatic heterocycles. The smallest absolute Gasteiger partial charge is 0.263 e. The van der Waals surface area contributed by atoms with Crippen LogP contribution in [0.1, 0.15) is 34.6 Å². The maximum atomic E-state index is 13.3. The molecule has 0 unspecified atom stereocenters. The lowest BCUT2D eigenvalue weighted by Gasteiger charge is -2.16. The lowest BCUT2D eigenvalue weighted by molar-refractivity contribution is 0.183. The van der Waals surface area contributed by atoms with Crippen LogP contribution in [-0.2, 0) is 24.1 Å². The summed E-state index contributed by atoms with van der Waals surface area (Å²) in [6.45, 7) is 3.07. The summed E-state index contributed by atoms with van der Waals surface area (Å²) in [7, 11) is 1.65. The van der Waals surface area contributed by atoms with E-state index >= 15 is 0 Å². The summed E-state index contributed by atoms with van der Waals surface area (Å²) in [6.07, 6.45) is 3.18.